The van der Waals surface area contributed by atoms with Gasteiger partial charge in [0.25, 0.3) is 11.5 Å². The smallest absolute Gasteiger partial charge is 0.369 e. The van der Waals surface area contributed by atoms with Crippen molar-refractivity contribution in [3.8, 4) is 0 Å². The van der Waals surface area contributed by atoms with Crippen molar-refractivity contribution < 1.29 is 49.5 Å². The van der Waals surface area contributed by atoms with Crippen molar-refractivity contribution in [2.24, 2.45) is 5.92 Å². The first kappa shape index (κ1) is 29.4. The molecule has 38 heavy (non-hydrogen) atoms. The number of alkyl halides is 6. The van der Waals surface area contributed by atoms with Gasteiger partial charge in [0.2, 0.25) is 5.91 Å². The highest BCUT2D eigenvalue weighted by Crippen LogP contribution is 2.50. The van der Waals surface area contributed by atoms with E-state index in [1.54, 1.807) is 13.8 Å². The second-order valence-corrected chi connectivity index (χ2v) is 11.4. The van der Waals surface area contributed by atoms with Gasteiger partial charge in [-0.05, 0) is 41.3 Å². The Morgan fingerprint density at radius 1 is 1.03 bits per heavy atom. The lowest BCUT2D eigenvalue weighted by molar-refractivity contribution is -0.376. The minimum atomic E-state index is -6.06. The van der Waals surface area contributed by atoms with Crippen LogP contribution in [0.15, 0.2) is 47.4 Å². The highest BCUT2D eigenvalue weighted by atomic mass is 32.2. The van der Waals surface area contributed by atoms with E-state index in [0.29, 0.717) is 23.3 Å². The number of carbonyl (C=O) groups excluding carboxylic acids is 2. The van der Waals surface area contributed by atoms with Gasteiger partial charge in [-0.1, -0.05) is 32.0 Å². The SMILES string of the molecule is CC(C)CC(=O)N1Cc2cc(S(C)(=O)=O)ccc2C1C(=O)Nc1ccc(C(O)(C(F)(F)F)C(F)(F)F)cc1. The predicted octanol–water partition coefficient (Wildman–Crippen LogP) is 4.47. The maximum atomic E-state index is 13.2. The van der Waals surface area contributed by atoms with Crippen LogP contribution in [-0.4, -0.2) is 48.8 Å². The number of amides is 2. The summed E-state index contributed by atoms with van der Waals surface area (Å²) in [5, 5.41) is 11.9. The molecule has 0 aliphatic carbocycles. The van der Waals surface area contributed by atoms with Crippen LogP contribution in [0.2, 0.25) is 0 Å². The number of sulfone groups is 1. The Morgan fingerprint density at radius 2 is 1.58 bits per heavy atom. The molecule has 208 valence electrons. The number of anilines is 1. The van der Waals surface area contributed by atoms with Crippen LogP contribution >= 0.6 is 0 Å². The predicted molar refractivity (Wildman–Crippen MR) is 123 cm³/mol. The zero-order chi connectivity index (χ0) is 28.8. The number of hydrogen-bond acceptors (Lipinski definition) is 5. The van der Waals surface area contributed by atoms with Crippen LogP contribution in [0.5, 0.6) is 0 Å². The molecule has 14 heteroatoms. The summed E-state index contributed by atoms with van der Waals surface area (Å²) in [6.45, 7) is 3.48. The van der Waals surface area contributed by atoms with Crippen LogP contribution in [0.25, 0.3) is 0 Å². The Balaban J connectivity index is 1.95. The molecule has 1 aliphatic heterocycles. The molecule has 2 N–H and O–H groups in total. The number of aliphatic hydroxyl groups is 1. The number of carbonyl (C=O) groups is 2. The van der Waals surface area contributed by atoms with Gasteiger partial charge in [-0.15, -0.1) is 0 Å². The fourth-order valence-corrected chi connectivity index (χ4v) is 4.81. The number of rotatable bonds is 6. The summed E-state index contributed by atoms with van der Waals surface area (Å²) in [4.78, 5) is 27.3. The molecule has 1 unspecified atom stereocenters. The van der Waals surface area contributed by atoms with Crippen LogP contribution in [-0.2, 0) is 31.6 Å². The van der Waals surface area contributed by atoms with E-state index >= 15 is 0 Å². The fraction of sp³-hybridized carbons (Fsp3) is 0.417. The molecule has 0 spiro atoms. The van der Waals surface area contributed by atoms with Gasteiger partial charge in [0.1, 0.15) is 6.04 Å². The minimum absolute atomic E-state index is 0.0222. The number of fused-ring (bicyclic) bond motifs is 1. The molecule has 2 amide bonds. The van der Waals surface area contributed by atoms with Gasteiger partial charge in [-0.3, -0.25) is 9.59 Å². The van der Waals surface area contributed by atoms with Crippen LogP contribution in [0.3, 0.4) is 0 Å². The molecular weight excluding hydrogens is 542 g/mol. The van der Waals surface area contributed by atoms with Crippen molar-refractivity contribution in [1.82, 2.24) is 4.90 Å². The fourth-order valence-electron chi connectivity index (χ4n) is 4.13. The van der Waals surface area contributed by atoms with Gasteiger partial charge >= 0.3 is 12.4 Å². The number of nitrogens with one attached hydrogen (secondary N) is 1. The molecule has 1 atom stereocenters. The van der Waals surface area contributed by atoms with Crippen molar-refractivity contribution in [3.63, 3.8) is 0 Å². The molecular formula is C24H24F6N2O5S. The largest absolute Gasteiger partial charge is 0.430 e. The van der Waals surface area contributed by atoms with Gasteiger partial charge in [-0.2, -0.15) is 26.3 Å². The zero-order valence-corrected chi connectivity index (χ0v) is 21.1. The van der Waals surface area contributed by atoms with Crippen LogP contribution in [0.1, 0.15) is 43.0 Å². The highest BCUT2D eigenvalue weighted by molar-refractivity contribution is 7.90. The van der Waals surface area contributed by atoms with E-state index in [4.69, 9.17) is 0 Å². The van der Waals surface area contributed by atoms with Crippen LogP contribution in [0.4, 0.5) is 32.0 Å². The first-order valence-corrected chi connectivity index (χ1v) is 13.1. The highest BCUT2D eigenvalue weighted by Gasteiger charge is 2.71. The quantitative estimate of drug-likeness (QED) is 0.503. The summed E-state index contributed by atoms with van der Waals surface area (Å²) < 4.78 is 103. The number of hydrogen-bond donors (Lipinski definition) is 2. The first-order chi connectivity index (χ1) is 17.3. The first-order valence-electron chi connectivity index (χ1n) is 11.2. The summed E-state index contributed by atoms with van der Waals surface area (Å²) in [6.07, 6.45) is -11.1. The second-order valence-electron chi connectivity index (χ2n) is 9.43. The van der Waals surface area contributed by atoms with Crippen molar-refractivity contribution >= 4 is 27.3 Å². The molecule has 0 saturated heterocycles. The van der Waals surface area contributed by atoms with E-state index in [0.717, 1.165) is 18.4 Å². The lowest BCUT2D eigenvalue weighted by Crippen LogP contribution is -2.53. The van der Waals surface area contributed by atoms with Crippen LogP contribution in [0, 0.1) is 5.92 Å². The lowest BCUT2D eigenvalue weighted by Gasteiger charge is -2.32. The maximum absolute atomic E-state index is 13.2. The lowest BCUT2D eigenvalue weighted by atomic mass is 9.92. The van der Waals surface area contributed by atoms with Gasteiger partial charge in [0, 0.05) is 30.5 Å². The van der Waals surface area contributed by atoms with Gasteiger partial charge in [0.05, 0.1) is 4.90 Å². The molecule has 1 heterocycles. The van der Waals surface area contributed by atoms with Crippen molar-refractivity contribution in [3.05, 3.63) is 59.2 Å². The molecule has 2 aromatic carbocycles. The topological polar surface area (TPSA) is 104 Å². The van der Waals surface area contributed by atoms with E-state index in [1.807, 2.05) is 0 Å². The Bertz CT molecular complexity index is 1320. The number of halogens is 6. The summed E-state index contributed by atoms with van der Waals surface area (Å²) in [7, 11) is -3.59. The number of benzene rings is 2. The average Bonchev–Trinajstić information content (AvgIpc) is 3.15. The van der Waals surface area contributed by atoms with E-state index in [2.05, 4.69) is 5.32 Å². The Kier molecular flexibility index (Phi) is 7.65. The van der Waals surface area contributed by atoms with E-state index < -0.39 is 51.2 Å². The Labute approximate surface area is 214 Å². The van der Waals surface area contributed by atoms with Gasteiger partial charge in [-0.25, -0.2) is 8.42 Å². The minimum Gasteiger partial charge on any atom is -0.369 e. The Morgan fingerprint density at radius 3 is 2.05 bits per heavy atom. The number of nitrogens with zero attached hydrogens (tertiary/aromatic N) is 1. The third-order valence-corrected chi connectivity index (χ3v) is 7.14. The van der Waals surface area contributed by atoms with Gasteiger partial charge < -0.3 is 15.3 Å². The summed E-state index contributed by atoms with van der Waals surface area (Å²) >= 11 is 0. The summed E-state index contributed by atoms with van der Waals surface area (Å²) in [5.41, 5.74) is -6.08. The molecule has 0 radical (unpaired) electrons. The molecule has 2 aromatic rings. The zero-order valence-electron chi connectivity index (χ0n) is 20.3. The van der Waals surface area contributed by atoms with Crippen molar-refractivity contribution in [2.75, 3.05) is 11.6 Å². The average molecular weight is 567 g/mol. The molecule has 0 aromatic heterocycles. The molecule has 0 bridgehead atoms. The second kappa shape index (κ2) is 9.88. The maximum Gasteiger partial charge on any atom is 0.430 e. The van der Waals surface area contributed by atoms with Crippen molar-refractivity contribution in [2.45, 2.75) is 55.7 Å². The summed E-state index contributed by atoms with van der Waals surface area (Å²) in [5.74, 6) is -1.30. The molecule has 0 fully saturated rings. The third-order valence-electron chi connectivity index (χ3n) is 6.03. The normalized spacial score (nSPS) is 16.5. The van der Waals surface area contributed by atoms with Crippen molar-refractivity contribution in [1.29, 1.82) is 0 Å². The van der Waals surface area contributed by atoms with E-state index in [9.17, 15) is 49.5 Å². The molecule has 7 nitrogen and oxygen atoms in total. The van der Waals surface area contributed by atoms with E-state index in [1.165, 1.54) is 23.1 Å². The van der Waals surface area contributed by atoms with E-state index in [-0.39, 0.29) is 29.5 Å². The third kappa shape index (κ3) is 5.51. The molecule has 3 rings (SSSR count). The molecule has 1 aliphatic rings. The summed E-state index contributed by atoms with van der Waals surface area (Å²) in [6, 6.07) is 5.07. The van der Waals surface area contributed by atoms with Gasteiger partial charge in [0.15, 0.2) is 9.84 Å². The van der Waals surface area contributed by atoms with Crippen LogP contribution < -0.4 is 5.32 Å². The Hall–Kier alpha value is -3.13. The standard InChI is InChI=1S/C24H24F6N2O5S/c1-13(2)10-19(33)32-12-14-11-17(38(3,36)37)8-9-18(14)20(32)21(34)31-16-6-4-15(5-7-16)22(35,23(25,26)27)24(28,29)30/h4-9,11,13,20,35H,10,12H2,1-3H3,(H,31,34). The molecule has 0 saturated carbocycles. The monoisotopic (exact) mass is 566 g/mol.